The van der Waals surface area contributed by atoms with E-state index in [1.54, 1.807) is 12.4 Å². The number of hydrogen-bond donors (Lipinski definition) is 3. The number of aromatic nitrogens is 2. The van der Waals surface area contributed by atoms with Crippen LogP contribution >= 0.6 is 0 Å². The van der Waals surface area contributed by atoms with E-state index in [9.17, 15) is 9.90 Å². The van der Waals surface area contributed by atoms with Crippen molar-refractivity contribution in [3.63, 3.8) is 0 Å². The third-order valence-corrected chi connectivity index (χ3v) is 5.65. The zero-order valence-electron chi connectivity index (χ0n) is 16.0. The number of hydrogen-bond acceptors (Lipinski definition) is 8. The molecule has 27 heavy (non-hydrogen) atoms. The van der Waals surface area contributed by atoms with Crippen LogP contribution < -0.4 is 11.1 Å². The number of aliphatic hydroxyl groups excluding tert-OH is 1. The number of anilines is 1. The lowest BCUT2D eigenvalue weighted by molar-refractivity contribution is -0.208. The van der Waals surface area contributed by atoms with Crippen LogP contribution in [0.1, 0.15) is 31.7 Å². The topological polar surface area (TPSA) is 123 Å². The smallest absolute Gasteiger partial charge is 0.246 e. The molecule has 2 atom stereocenters. The number of methoxy groups -OCH3 is 1. The second-order valence-electron chi connectivity index (χ2n) is 7.69. The minimum Gasteiger partial charge on any atom is -0.388 e. The molecule has 1 aromatic heterocycles. The van der Waals surface area contributed by atoms with Gasteiger partial charge in [-0.25, -0.2) is 9.97 Å². The molecule has 2 aliphatic heterocycles. The molecule has 2 aliphatic rings. The van der Waals surface area contributed by atoms with Gasteiger partial charge in [0.1, 0.15) is 12.7 Å². The Bertz CT molecular complexity index is 648. The summed E-state index contributed by atoms with van der Waals surface area (Å²) in [5.74, 6) is 0.0433. The minimum absolute atomic E-state index is 0.0202. The number of nitrogen functional groups attached to an aromatic ring is 1. The van der Waals surface area contributed by atoms with Gasteiger partial charge in [-0.2, -0.15) is 0 Å². The number of ether oxygens (including phenoxy) is 2. The highest BCUT2D eigenvalue weighted by Gasteiger charge is 2.53. The summed E-state index contributed by atoms with van der Waals surface area (Å²) in [6.07, 6.45) is 4.65. The fourth-order valence-electron chi connectivity index (χ4n) is 4.09. The number of rotatable bonds is 5. The Balaban J connectivity index is 1.61. The number of piperidine rings is 1. The number of aliphatic hydroxyl groups is 1. The molecule has 0 saturated carbocycles. The Morgan fingerprint density at radius 3 is 2.70 bits per heavy atom. The van der Waals surface area contributed by atoms with Crippen LogP contribution in [0.4, 0.5) is 5.95 Å². The maximum absolute atomic E-state index is 12.0. The zero-order chi connectivity index (χ0) is 19.5. The second kappa shape index (κ2) is 8.05. The van der Waals surface area contributed by atoms with Gasteiger partial charge in [0.05, 0.1) is 11.1 Å². The molecule has 2 fully saturated rings. The molecule has 0 aromatic carbocycles. The first kappa shape index (κ1) is 19.9. The van der Waals surface area contributed by atoms with Gasteiger partial charge in [-0.05, 0) is 26.2 Å². The van der Waals surface area contributed by atoms with Crippen molar-refractivity contribution in [1.82, 2.24) is 20.2 Å². The van der Waals surface area contributed by atoms with Crippen molar-refractivity contribution in [3.05, 3.63) is 18.0 Å². The summed E-state index contributed by atoms with van der Waals surface area (Å²) in [5.41, 5.74) is 5.17. The van der Waals surface area contributed by atoms with Crippen LogP contribution in [0.25, 0.3) is 0 Å². The van der Waals surface area contributed by atoms with E-state index in [0.717, 1.165) is 25.2 Å². The lowest BCUT2D eigenvalue weighted by Crippen LogP contribution is -2.69. The van der Waals surface area contributed by atoms with Crippen molar-refractivity contribution in [2.24, 2.45) is 0 Å². The number of likely N-dealkylation sites (tertiary alicyclic amines) is 1. The molecular weight excluding hydrogens is 350 g/mol. The van der Waals surface area contributed by atoms with Crippen molar-refractivity contribution in [2.75, 3.05) is 39.1 Å². The Labute approximate surface area is 159 Å². The highest BCUT2D eigenvalue weighted by Crippen LogP contribution is 2.40. The standard InChI is InChI=1S/C18H29N5O4/c1-17(22-14(24)12-26-2)5-8-27-18(15(17)25)3-6-23(7-4-18)11-13-9-20-16(19)21-10-13/h9-10,15,25H,3-8,11-12H2,1-2H3,(H,22,24)(H2,19,20,21)/t15-,17+/m0/s1. The summed E-state index contributed by atoms with van der Waals surface area (Å²) >= 11 is 0. The van der Waals surface area contributed by atoms with E-state index in [1.165, 1.54) is 7.11 Å². The normalized spacial score (nSPS) is 28.2. The van der Waals surface area contributed by atoms with E-state index in [4.69, 9.17) is 15.2 Å². The molecule has 0 bridgehead atoms. The molecule has 0 unspecified atom stereocenters. The summed E-state index contributed by atoms with van der Waals surface area (Å²) < 4.78 is 11.0. The van der Waals surface area contributed by atoms with Gasteiger partial charge >= 0.3 is 0 Å². The molecule has 1 aromatic rings. The maximum Gasteiger partial charge on any atom is 0.246 e. The summed E-state index contributed by atoms with van der Waals surface area (Å²) in [5, 5.41) is 14.0. The largest absolute Gasteiger partial charge is 0.388 e. The van der Waals surface area contributed by atoms with Gasteiger partial charge in [-0.15, -0.1) is 0 Å². The predicted molar refractivity (Wildman–Crippen MR) is 98.7 cm³/mol. The van der Waals surface area contributed by atoms with Crippen LogP contribution in [0.2, 0.25) is 0 Å². The van der Waals surface area contributed by atoms with Gasteiger partial charge in [-0.3, -0.25) is 9.69 Å². The Morgan fingerprint density at radius 2 is 2.07 bits per heavy atom. The van der Waals surface area contributed by atoms with Crippen molar-refractivity contribution in [1.29, 1.82) is 0 Å². The summed E-state index contributed by atoms with van der Waals surface area (Å²) in [6, 6.07) is 0. The van der Waals surface area contributed by atoms with Crippen LogP contribution in [0.15, 0.2) is 12.4 Å². The van der Waals surface area contributed by atoms with Gasteiger partial charge < -0.3 is 25.6 Å². The number of nitrogens with one attached hydrogen (secondary N) is 1. The Kier molecular flexibility index (Phi) is 5.95. The van der Waals surface area contributed by atoms with E-state index >= 15 is 0 Å². The molecule has 0 aliphatic carbocycles. The summed E-state index contributed by atoms with van der Waals surface area (Å²) in [6.45, 7) is 4.66. The SMILES string of the molecule is COCC(=O)N[C@]1(C)CCOC2(CCN(Cc3cnc(N)nc3)CC2)[C@H]1O. The first-order chi connectivity index (χ1) is 12.9. The van der Waals surface area contributed by atoms with E-state index in [-0.39, 0.29) is 18.5 Å². The van der Waals surface area contributed by atoms with Gasteiger partial charge in [0.2, 0.25) is 11.9 Å². The molecule has 150 valence electrons. The lowest BCUT2D eigenvalue weighted by Gasteiger charge is -2.53. The number of amides is 1. The third-order valence-electron chi connectivity index (χ3n) is 5.65. The summed E-state index contributed by atoms with van der Waals surface area (Å²) in [7, 11) is 1.48. The van der Waals surface area contributed by atoms with Gasteiger partial charge in [-0.1, -0.05) is 0 Å². The average Bonchev–Trinajstić information content (AvgIpc) is 2.64. The molecular formula is C18H29N5O4. The number of carbonyl (C=O) groups is 1. The molecule has 4 N–H and O–H groups in total. The van der Waals surface area contributed by atoms with Crippen LogP contribution in [-0.2, 0) is 20.8 Å². The Hall–Kier alpha value is -1.81. The van der Waals surface area contributed by atoms with E-state index in [0.29, 0.717) is 25.9 Å². The average molecular weight is 379 g/mol. The van der Waals surface area contributed by atoms with Crippen molar-refractivity contribution >= 4 is 11.9 Å². The highest BCUT2D eigenvalue weighted by molar-refractivity contribution is 5.78. The van der Waals surface area contributed by atoms with E-state index < -0.39 is 17.2 Å². The van der Waals surface area contributed by atoms with Gasteiger partial charge in [0.25, 0.3) is 0 Å². The number of nitrogens with two attached hydrogens (primary N) is 1. The predicted octanol–water partition coefficient (Wildman–Crippen LogP) is -0.304. The number of carbonyl (C=O) groups excluding carboxylic acids is 1. The molecule has 1 spiro atoms. The highest BCUT2D eigenvalue weighted by atomic mass is 16.5. The third kappa shape index (κ3) is 4.37. The number of nitrogens with zero attached hydrogens (tertiary/aromatic N) is 3. The van der Waals surface area contributed by atoms with Crippen LogP contribution in [0, 0.1) is 0 Å². The quantitative estimate of drug-likeness (QED) is 0.637. The van der Waals surface area contributed by atoms with Crippen molar-refractivity contribution in [2.45, 2.75) is 50.0 Å². The molecule has 9 nitrogen and oxygen atoms in total. The molecule has 3 heterocycles. The molecule has 9 heteroatoms. The second-order valence-corrected chi connectivity index (χ2v) is 7.69. The zero-order valence-corrected chi connectivity index (χ0v) is 16.0. The monoisotopic (exact) mass is 379 g/mol. The molecule has 1 amide bonds. The molecule has 0 radical (unpaired) electrons. The first-order valence-electron chi connectivity index (χ1n) is 9.28. The molecule has 3 rings (SSSR count). The van der Waals surface area contributed by atoms with Crippen LogP contribution in [0.3, 0.4) is 0 Å². The summed E-state index contributed by atoms with van der Waals surface area (Å²) in [4.78, 5) is 22.3. The Morgan fingerprint density at radius 1 is 1.41 bits per heavy atom. The fraction of sp³-hybridized carbons (Fsp3) is 0.722. The van der Waals surface area contributed by atoms with E-state index in [2.05, 4.69) is 20.2 Å². The fourth-order valence-corrected chi connectivity index (χ4v) is 4.09. The van der Waals surface area contributed by atoms with Crippen LogP contribution in [-0.4, -0.2) is 76.5 Å². The lowest BCUT2D eigenvalue weighted by atomic mass is 9.73. The molecule has 2 saturated heterocycles. The maximum atomic E-state index is 12.0. The van der Waals surface area contributed by atoms with Crippen molar-refractivity contribution < 1.29 is 19.4 Å². The van der Waals surface area contributed by atoms with Crippen molar-refractivity contribution in [3.8, 4) is 0 Å². The minimum atomic E-state index is -0.776. The van der Waals surface area contributed by atoms with Crippen LogP contribution in [0.5, 0.6) is 0 Å². The van der Waals surface area contributed by atoms with Gasteiger partial charge in [0, 0.05) is 51.3 Å². The first-order valence-corrected chi connectivity index (χ1v) is 9.28. The van der Waals surface area contributed by atoms with Gasteiger partial charge in [0.15, 0.2) is 0 Å². The van der Waals surface area contributed by atoms with E-state index in [1.807, 2.05) is 6.92 Å².